The molecule has 162 valence electrons. The Bertz CT molecular complexity index is 468. The van der Waals surface area contributed by atoms with Gasteiger partial charge in [-0.05, 0) is 38.5 Å². The van der Waals surface area contributed by atoms with Crippen molar-refractivity contribution in [3.05, 3.63) is 0 Å². The van der Waals surface area contributed by atoms with Crippen molar-refractivity contribution in [2.45, 2.75) is 140 Å². The van der Waals surface area contributed by atoms with Gasteiger partial charge in [-0.3, -0.25) is 4.79 Å². The first kappa shape index (κ1) is 22.0. The number of hydrogen-bond donors (Lipinski definition) is 1. The highest BCUT2D eigenvalue weighted by Gasteiger charge is 2.43. The van der Waals surface area contributed by atoms with Crippen LogP contribution < -0.4 is 0 Å². The number of ether oxygens (including phenoxy) is 3. The second-order valence-electron chi connectivity index (χ2n) is 8.98. The molecule has 1 N–H and O–H groups in total. The molecular weight excluding hydrogens is 356 g/mol. The largest absolute Gasteiger partial charge is 0.460 e. The molecule has 0 aromatic heterocycles. The molecule has 0 radical (unpaired) electrons. The highest BCUT2D eigenvalue weighted by Crippen LogP contribution is 2.36. The van der Waals surface area contributed by atoms with Crippen LogP contribution in [0.3, 0.4) is 0 Å². The number of hydrogen-bond acceptors (Lipinski definition) is 5. The summed E-state index contributed by atoms with van der Waals surface area (Å²) in [6.45, 7) is 2.25. The summed E-state index contributed by atoms with van der Waals surface area (Å²) in [5.41, 5.74) is 0. The number of aliphatic hydroxyl groups excluding tert-OH is 1. The number of carbonyl (C=O) groups is 1. The van der Waals surface area contributed by atoms with Crippen LogP contribution in [0, 0.1) is 0 Å². The lowest BCUT2D eigenvalue weighted by Crippen LogP contribution is -2.33. The molecule has 28 heavy (non-hydrogen) atoms. The Morgan fingerprint density at radius 2 is 1.43 bits per heavy atom. The molecule has 0 bridgehead atoms. The van der Waals surface area contributed by atoms with Crippen molar-refractivity contribution in [1.82, 2.24) is 0 Å². The Morgan fingerprint density at radius 3 is 2.11 bits per heavy atom. The first-order valence-corrected chi connectivity index (χ1v) is 11.9. The van der Waals surface area contributed by atoms with Crippen LogP contribution in [0.2, 0.25) is 0 Å². The second kappa shape index (κ2) is 11.5. The van der Waals surface area contributed by atoms with E-state index in [4.69, 9.17) is 14.2 Å². The average molecular weight is 397 g/mol. The minimum Gasteiger partial charge on any atom is -0.460 e. The number of esters is 1. The predicted octanol–water partition coefficient (Wildman–Crippen LogP) is 4.68. The van der Waals surface area contributed by atoms with E-state index in [2.05, 4.69) is 6.92 Å². The van der Waals surface area contributed by atoms with E-state index in [0.29, 0.717) is 6.42 Å². The summed E-state index contributed by atoms with van der Waals surface area (Å²) in [6.07, 6.45) is 16.0. The third kappa shape index (κ3) is 6.43. The van der Waals surface area contributed by atoms with Gasteiger partial charge in [-0.2, -0.15) is 0 Å². The Balaban J connectivity index is 1.27. The van der Waals surface area contributed by atoms with E-state index in [1.807, 2.05) is 0 Å². The SMILES string of the molecule is CCCCCCCCCC[C@@H](O)[C@H]1CC[C@@H]([C@H]2CC[C@H]([C@H]3CCC(=O)O3)O2)O1. The smallest absolute Gasteiger partial charge is 0.306 e. The maximum Gasteiger partial charge on any atom is 0.306 e. The van der Waals surface area contributed by atoms with Crippen molar-refractivity contribution in [2.75, 3.05) is 0 Å². The lowest BCUT2D eigenvalue weighted by atomic mass is 10.0. The normalized spacial score (nSPS) is 34.1. The molecule has 3 rings (SSSR count). The molecule has 5 nitrogen and oxygen atoms in total. The fourth-order valence-corrected chi connectivity index (χ4v) is 4.96. The summed E-state index contributed by atoms with van der Waals surface area (Å²) < 4.78 is 17.7. The molecule has 0 unspecified atom stereocenters. The van der Waals surface area contributed by atoms with Gasteiger partial charge in [-0.25, -0.2) is 0 Å². The molecule has 3 aliphatic heterocycles. The Kier molecular flexibility index (Phi) is 9.06. The van der Waals surface area contributed by atoms with Gasteiger partial charge in [0.15, 0.2) is 0 Å². The summed E-state index contributed by atoms with van der Waals surface area (Å²) in [6, 6.07) is 0. The molecule has 0 aromatic carbocycles. The van der Waals surface area contributed by atoms with Gasteiger partial charge in [-0.15, -0.1) is 0 Å². The van der Waals surface area contributed by atoms with Crippen molar-refractivity contribution in [1.29, 1.82) is 0 Å². The molecule has 0 aliphatic carbocycles. The summed E-state index contributed by atoms with van der Waals surface area (Å²) in [5, 5.41) is 10.5. The third-order valence-corrected chi connectivity index (χ3v) is 6.70. The van der Waals surface area contributed by atoms with Gasteiger partial charge in [0.25, 0.3) is 0 Å². The van der Waals surface area contributed by atoms with Crippen LogP contribution in [0.25, 0.3) is 0 Å². The van der Waals surface area contributed by atoms with Crippen molar-refractivity contribution in [3.8, 4) is 0 Å². The van der Waals surface area contributed by atoms with Gasteiger partial charge in [0.2, 0.25) is 0 Å². The van der Waals surface area contributed by atoms with Crippen molar-refractivity contribution >= 4 is 5.97 Å². The van der Waals surface area contributed by atoms with E-state index in [1.165, 1.54) is 44.9 Å². The van der Waals surface area contributed by atoms with E-state index in [9.17, 15) is 9.90 Å². The summed E-state index contributed by atoms with van der Waals surface area (Å²) in [4.78, 5) is 11.3. The first-order chi connectivity index (χ1) is 13.7. The van der Waals surface area contributed by atoms with Gasteiger partial charge >= 0.3 is 5.97 Å². The Hall–Kier alpha value is -0.650. The fourth-order valence-electron chi connectivity index (χ4n) is 4.96. The van der Waals surface area contributed by atoms with E-state index in [1.54, 1.807) is 0 Å². The van der Waals surface area contributed by atoms with Gasteiger partial charge in [0.1, 0.15) is 6.10 Å². The molecule has 3 aliphatic rings. The van der Waals surface area contributed by atoms with Crippen LogP contribution in [0.15, 0.2) is 0 Å². The van der Waals surface area contributed by atoms with Crippen LogP contribution in [0.1, 0.15) is 103 Å². The topological polar surface area (TPSA) is 65.0 Å². The lowest BCUT2D eigenvalue weighted by molar-refractivity contribution is -0.149. The van der Waals surface area contributed by atoms with Crippen molar-refractivity contribution in [2.24, 2.45) is 0 Å². The lowest BCUT2D eigenvalue weighted by Gasteiger charge is -2.24. The Labute approximate surface area is 170 Å². The van der Waals surface area contributed by atoms with Crippen LogP contribution >= 0.6 is 0 Å². The standard InChI is InChI=1S/C23H40O5/c1-2-3-4-5-6-7-8-9-10-17(24)18-11-12-19(26-18)20-13-14-21(27-20)22-15-16-23(25)28-22/h17-22,24H,2-16H2,1H3/t17-,18-,19+,20-,21-,22-/m1/s1. The van der Waals surface area contributed by atoms with Gasteiger partial charge in [-0.1, -0.05) is 58.3 Å². The maximum atomic E-state index is 11.3. The van der Waals surface area contributed by atoms with Crippen LogP contribution in [-0.4, -0.2) is 47.7 Å². The van der Waals surface area contributed by atoms with E-state index >= 15 is 0 Å². The Morgan fingerprint density at radius 1 is 0.821 bits per heavy atom. The molecule has 5 heteroatoms. The maximum absolute atomic E-state index is 11.3. The minimum atomic E-state index is -0.349. The summed E-state index contributed by atoms with van der Waals surface area (Å²) >= 11 is 0. The highest BCUT2D eigenvalue weighted by molar-refractivity contribution is 5.71. The average Bonchev–Trinajstić information content (AvgIpc) is 3.43. The number of cyclic esters (lactones) is 1. The molecule has 6 atom stereocenters. The van der Waals surface area contributed by atoms with Crippen LogP contribution in [-0.2, 0) is 19.0 Å². The first-order valence-electron chi connectivity index (χ1n) is 11.9. The molecule has 0 spiro atoms. The van der Waals surface area contributed by atoms with E-state index < -0.39 is 0 Å². The summed E-state index contributed by atoms with van der Waals surface area (Å²) in [7, 11) is 0. The number of rotatable bonds is 12. The number of unbranched alkanes of at least 4 members (excludes halogenated alkanes) is 7. The predicted molar refractivity (Wildman–Crippen MR) is 108 cm³/mol. The molecule has 0 amide bonds. The van der Waals surface area contributed by atoms with Gasteiger partial charge < -0.3 is 19.3 Å². The van der Waals surface area contributed by atoms with Crippen molar-refractivity contribution < 1.29 is 24.1 Å². The van der Waals surface area contributed by atoms with Gasteiger partial charge in [0.05, 0.1) is 30.5 Å². The monoisotopic (exact) mass is 396 g/mol. The third-order valence-electron chi connectivity index (χ3n) is 6.70. The number of aliphatic hydroxyl groups is 1. The number of carbonyl (C=O) groups excluding carboxylic acids is 1. The van der Waals surface area contributed by atoms with E-state index in [0.717, 1.165) is 44.9 Å². The molecule has 3 saturated heterocycles. The molecule has 3 fully saturated rings. The van der Waals surface area contributed by atoms with Crippen LogP contribution in [0.5, 0.6) is 0 Å². The minimum absolute atomic E-state index is 0.0290. The van der Waals surface area contributed by atoms with Gasteiger partial charge in [0, 0.05) is 6.42 Å². The fraction of sp³-hybridized carbons (Fsp3) is 0.957. The zero-order valence-corrected chi connectivity index (χ0v) is 17.7. The molecular formula is C23H40O5. The van der Waals surface area contributed by atoms with E-state index in [-0.39, 0.29) is 42.6 Å². The highest BCUT2D eigenvalue weighted by atomic mass is 16.6. The second-order valence-corrected chi connectivity index (χ2v) is 8.98. The molecule has 0 saturated carbocycles. The van der Waals surface area contributed by atoms with Crippen molar-refractivity contribution in [3.63, 3.8) is 0 Å². The quantitative estimate of drug-likeness (QED) is 0.383. The molecule has 0 aromatic rings. The summed E-state index contributed by atoms with van der Waals surface area (Å²) in [5.74, 6) is -0.0988. The van der Waals surface area contributed by atoms with Crippen LogP contribution in [0.4, 0.5) is 0 Å². The zero-order chi connectivity index (χ0) is 19.8. The molecule has 3 heterocycles. The zero-order valence-electron chi connectivity index (χ0n) is 17.7.